The standard InChI is InChI=1S/C13H23N3O/c1-2-16-8-7-14-13(16)15-9-11-5-3-4-6-12(11)10-17/h7-8,11-12,17H,2-6,9-10H2,1H3,(H,14,15). The van der Waals surface area contributed by atoms with Gasteiger partial charge in [-0.2, -0.15) is 0 Å². The van der Waals surface area contributed by atoms with Gasteiger partial charge in [-0.05, 0) is 31.6 Å². The van der Waals surface area contributed by atoms with E-state index in [4.69, 9.17) is 0 Å². The van der Waals surface area contributed by atoms with Crippen LogP contribution in [-0.2, 0) is 6.54 Å². The first-order valence-electron chi connectivity index (χ1n) is 6.71. The highest BCUT2D eigenvalue weighted by Gasteiger charge is 2.24. The fourth-order valence-electron chi connectivity index (χ4n) is 2.75. The lowest BCUT2D eigenvalue weighted by Gasteiger charge is -2.30. The summed E-state index contributed by atoms with van der Waals surface area (Å²) in [5.74, 6) is 2.02. The maximum Gasteiger partial charge on any atom is 0.202 e. The average Bonchev–Trinajstić information content (AvgIpc) is 2.84. The van der Waals surface area contributed by atoms with E-state index in [1.807, 2.05) is 12.4 Å². The van der Waals surface area contributed by atoms with Gasteiger partial charge in [0.25, 0.3) is 0 Å². The van der Waals surface area contributed by atoms with Crippen molar-refractivity contribution >= 4 is 5.95 Å². The van der Waals surface area contributed by atoms with Crippen molar-refractivity contribution in [2.45, 2.75) is 39.2 Å². The molecule has 1 aliphatic carbocycles. The second-order valence-electron chi connectivity index (χ2n) is 4.90. The molecule has 1 aliphatic rings. The van der Waals surface area contributed by atoms with Crippen molar-refractivity contribution in [2.24, 2.45) is 11.8 Å². The van der Waals surface area contributed by atoms with Crippen LogP contribution in [0, 0.1) is 11.8 Å². The SMILES string of the molecule is CCn1ccnc1NCC1CCCCC1CO. The molecule has 17 heavy (non-hydrogen) atoms. The molecule has 96 valence electrons. The van der Waals surface area contributed by atoms with Gasteiger partial charge in [-0.3, -0.25) is 0 Å². The highest BCUT2D eigenvalue weighted by atomic mass is 16.3. The van der Waals surface area contributed by atoms with Crippen molar-refractivity contribution in [3.05, 3.63) is 12.4 Å². The Morgan fingerprint density at radius 2 is 2.18 bits per heavy atom. The zero-order valence-electron chi connectivity index (χ0n) is 10.6. The number of imidazole rings is 1. The van der Waals surface area contributed by atoms with Crippen molar-refractivity contribution in [3.63, 3.8) is 0 Å². The second kappa shape index (κ2) is 6.05. The minimum absolute atomic E-state index is 0.328. The van der Waals surface area contributed by atoms with E-state index in [-0.39, 0.29) is 0 Å². The molecule has 1 saturated carbocycles. The zero-order chi connectivity index (χ0) is 12.1. The summed E-state index contributed by atoms with van der Waals surface area (Å²) in [6.07, 6.45) is 8.79. The molecular weight excluding hydrogens is 214 g/mol. The van der Waals surface area contributed by atoms with Gasteiger partial charge in [0.05, 0.1) is 0 Å². The van der Waals surface area contributed by atoms with Crippen molar-refractivity contribution < 1.29 is 5.11 Å². The number of aromatic nitrogens is 2. The molecule has 0 aromatic carbocycles. The van der Waals surface area contributed by atoms with Crippen LogP contribution in [0.25, 0.3) is 0 Å². The summed E-state index contributed by atoms with van der Waals surface area (Å²) in [6, 6.07) is 0. The third kappa shape index (κ3) is 3.00. The van der Waals surface area contributed by atoms with Gasteiger partial charge in [-0.25, -0.2) is 4.98 Å². The molecule has 4 nitrogen and oxygen atoms in total. The molecule has 0 aliphatic heterocycles. The first kappa shape index (κ1) is 12.4. The van der Waals surface area contributed by atoms with Gasteiger partial charge >= 0.3 is 0 Å². The third-order valence-corrected chi connectivity index (χ3v) is 3.88. The number of aliphatic hydroxyl groups is 1. The van der Waals surface area contributed by atoms with Crippen molar-refractivity contribution in [2.75, 3.05) is 18.5 Å². The number of anilines is 1. The summed E-state index contributed by atoms with van der Waals surface area (Å²) >= 11 is 0. The molecular formula is C13H23N3O. The monoisotopic (exact) mass is 237 g/mol. The van der Waals surface area contributed by atoms with Crippen LogP contribution >= 0.6 is 0 Å². The number of aliphatic hydroxyl groups excluding tert-OH is 1. The van der Waals surface area contributed by atoms with Gasteiger partial charge < -0.3 is 15.0 Å². The Kier molecular flexibility index (Phi) is 4.42. The van der Waals surface area contributed by atoms with Crippen LogP contribution < -0.4 is 5.32 Å². The Hall–Kier alpha value is -1.03. The van der Waals surface area contributed by atoms with Gasteiger partial charge in [-0.1, -0.05) is 12.8 Å². The van der Waals surface area contributed by atoms with E-state index in [9.17, 15) is 5.11 Å². The smallest absolute Gasteiger partial charge is 0.202 e. The van der Waals surface area contributed by atoms with Crippen LogP contribution in [0.1, 0.15) is 32.6 Å². The summed E-state index contributed by atoms with van der Waals surface area (Å²) in [7, 11) is 0. The molecule has 1 fully saturated rings. The Balaban J connectivity index is 1.88. The number of hydrogen-bond acceptors (Lipinski definition) is 3. The van der Waals surface area contributed by atoms with E-state index < -0.39 is 0 Å². The zero-order valence-corrected chi connectivity index (χ0v) is 10.6. The Bertz CT molecular complexity index is 337. The molecule has 4 heteroatoms. The van der Waals surface area contributed by atoms with Gasteiger partial charge in [0.1, 0.15) is 0 Å². The van der Waals surface area contributed by atoms with Crippen LogP contribution in [0.15, 0.2) is 12.4 Å². The largest absolute Gasteiger partial charge is 0.396 e. The van der Waals surface area contributed by atoms with Crippen LogP contribution in [0.4, 0.5) is 5.95 Å². The molecule has 2 N–H and O–H groups in total. The minimum atomic E-state index is 0.328. The summed E-state index contributed by atoms with van der Waals surface area (Å²) in [6.45, 7) is 4.32. The quantitative estimate of drug-likeness (QED) is 0.824. The first-order valence-corrected chi connectivity index (χ1v) is 6.71. The average molecular weight is 237 g/mol. The molecule has 0 radical (unpaired) electrons. The van der Waals surface area contributed by atoms with Crippen LogP contribution in [0.5, 0.6) is 0 Å². The molecule has 1 aromatic heterocycles. The maximum atomic E-state index is 9.37. The van der Waals surface area contributed by atoms with Gasteiger partial charge in [0.2, 0.25) is 5.95 Å². The molecule has 0 saturated heterocycles. The molecule has 0 spiro atoms. The third-order valence-electron chi connectivity index (χ3n) is 3.88. The van der Waals surface area contributed by atoms with Crippen molar-refractivity contribution in [1.29, 1.82) is 0 Å². The molecule has 2 atom stereocenters. The molecule has 0 bridgehead atoms. The fourth-order valence-corrected chi connectivity index (χ4v) is 2.75. The summed E-state index contributed by atoms with van der Waals surface area (Å²) in [4.78, 5) is 4.31. The molecule has 2 unspecified atom stereocenters. The first-order chi connectivity index (χ1) is 8.35. The van der Waals surface area contributed by atoms with E-state index in [0.29, 0.717) is 18.4 Å². The fraction of sp³-hybridized carbons (Fsp3) is 0.769. The van der Waals surface area contributed by atoms with Gasteiger partial charge in [0.15, 0.2) is 0 Å². The minimum Gasteiger partial charge on any atom is -0.396 e. The number of nitrogens with zero attached hydrogens (tertiary/aromatic N) is 2. The molecule has 1 heterocycles. The number of nitrogens with one attached hydrogen (secondary N) is 1. The maximum absolute atomic E-state index is 9.37. The molecule has 0 amide bonds. The normalized spacial score (nSPS) is 24.8. The number of hydrogen-bond donors (Lipinski definition) is 2. The Morgan fingerprint density at radius 3 is 2.88 bits per heavy atom. The number of rotatable bonds is 5. The van der Waals surface area contributed by atoms with Crippen molar-refractivity contribution in [1.82, 2.24) is 9.55 Å². The predicted molar refractivity (Wildman–Crippen MR) is 68.9 cm³/mol. The van der Waals surface area contributed by atoms with Gasteiger partial charge in [-0.15, -0.1) is 0 Å². The summed E-state index contributed by atoms with van der Waals surface area (Å²) in [5.41, 5.74) is 0. The highest BCUT2D eigenvalue weighted by molar-refractivity contribution is 5.25. The Morgan fingerprint density at radius 1 is 1.41 bits per heavy atom. The van der Waals surface area contributed by atoms with E-state index in [0.717, 1.165) is 19.0 Å². The van der Waals surface area contributed by atoms with E-state index in [1.165, 1.54) is 25.7 Å². The molecule has 2 rings (SSSR count). The summed E-state index contributed by atoms with van der Waals surface area (Å²) in [5, 5.41) is 12.8. The topological polar surface area (TPSA) is 50.1 Å². The lowest BCUT2D eigenvalue weighted by atomic mass is 9.80. The van der Waals surface area contributed by atoms with Gasteiger partial charge in [0, 0.05) is 32.1 Å². The van der Waals surface area contributed by atoms with E-state index in [2.05, 4.69) is 21.8 Å². The summed E-state index contributed by atoms with van der Waals surface area (Å²) < 4.78 is 2.11. The van der Waals surface area contributed by atoms with Crippen LogP contribution in [0.3, 0.4) is 0 Å². The highest BCUT2D eigenvalue weighted by Crippen LogP contribution is 2.29. The Labute approximate surface area is 103 Å². The van der Waals surface area contributed by atoms with E-state index >= 15 is 0 Å². The van der Waals surface area contributed by atoms with Crippen LogP contribution in [0.2, 0.25) is 0 Å². The van der Waals surface area contributed by atoms with E-state index in [1.54, 1.807) is 0 Å². The van der Waals surface area contributed by atoms with Crippen LogP contribution in [-0.4, -0.2) is 27.8 Å². The molecule has 1 aromatic rings. The predicted octanol–water partition coefficient (Wildman–Crippen LogP) is 2.11. The number of aryl methyl sites for hydroxylation is 1. The van der Waals surface area contributed by atoms with Crippen molar-refractivity contribution in [3.8, 4) is 0 Å². The lowest BCUT2D eigenvalue weighted by molar-refractivity contribution is 0.141. The lowest BCUT2D eigenvalue weighted by Crippen LogP contribution is -2.29. The second-order valence-corrected chi connectivity index (χ2v) is 4.90.